The number of rotatable bonds is 6. The third kappa shape index (κ3) is 4.94. The molecule has 0 saturated heterocycles. The second-order valence-electron chi connectivity index (χ2n) is 5.43. The molecule has 0 aliphatic heterocycles. The third-order valence-corrected chi connectivity index (χ3v) is 4.23. The largest absolute Gasteiger partial charge is 0.492 e. The fourth-order valence-electron chi connectivity index (χ4n) is 2.32. The van der Waals surface area contributed by atoms with E-state index in [0.717, 1.165) is 10.9 Å². The Hall–Kier alpha value is -2.59. The van der Waals surface area contributed by atoms with Crippen molar-refractivity contribution in [1.82, 2.24) is 0 Å². The normalized spacial score (nSPS) is 10.3. The van der Waals surface area contributed by atoms with E-state index in [2.05, 4.69) is 28.1 Å². The van der Waals surface area contributed by atoms with Crippen LogP contribution in [0.15, 0.2) is 83.3 Å². The first kappa shape index (κ1) is 17.2. The molecular formula is C21H17BrO3. The zero-order chi connectivity index (χ0) is 17.5. The Balaban J connectivity index is 1.59. The van der Waals surface area contributed by atoms with Gasteiger partial charge in [-0.15, -0.1) is 0 Å². The molecule has 0 bridgehead atoms. The summed E-state index contributed by atoms with van der Waals surface area (Å²) in [4.78, 5) is 12.2. The number of carbonyl (C=O) groups excluding carboxylic acids is 1. The van der Waals surface area contributed by atoms with Crippen LogP contribution in [0.2, 0.25) is 0 Å². The van der Waals surface area contributed by atoms with Gasteiger partial charge < -0.3 is 9.47 Å². The van der Waals surface area contributed by atoms with Gasteiger partial charge in [0.1, 0.15) is 11.5 Å². The first-order valence-corrected chi connectivity index (χ1v) is 8.75. The van der Waals surface area contributed by atoms with Crippen LogP contribution in [0.5, 0.6) is 11.5 Å². The zero-order valence-corrected chi connectivity index (χ0v) is 15.1. The maximum Gasteiger partial charge on any atom is 0.343 e. The van der Waals surface area contributed by atoms with Crippen LogP contribution in [0.25, 0.3) is 0 Å². The molecule has 0 heterocycles. The summed E-state index contributed by atoms with van der Waals surface area (Å²) in [6.07, 6.45) is 0.824. The van der Waals surface area contributed by atoms with Crippen molar-refractivity contribution in [3.8, 4) is 11.5 Å². The van der Waals surface area contributed by atoms with Crippen LogP contribution in [-0.2, 0) is 6.42 Å². The standard InChI is InChI=1S/C21H17BrO3/c22-19-15-17(21(23)25-18-9-5-2-6-10-18)11-12-20(19)24-14-13-16-7-3-1-4-8-16/h1-12,15H,13-14H2. The monoisotopic (exact) mass is 396 g/mol. The Morgan fingerprint density at radius 2 is 1.56 bits per heavy atom. The molecule has 0 N–H and O–H groups in total. The van der Waals surface area contributed by atoms with E-state index in [9.17, 15) is 4.79 Å². The molecule has 0 saturated carbocycles. The number of ether oxygens (including phenoxy) is 2. The van der Waals surface area contributed by atoms with Crippen LogP contribution in [-0.4, -0.2) is 12.6 Å². The van der Waals surface area contributed by atoms with Gasteiger partial charge in [-0.05, 0) is 51.8 Å². The number of para-hydroxylation sites is 1. The summed E-state index contributed by atoms with van der Waals surface area (Å²) in [5.74, 6) is 0.821. The second-order valence-corrected chi connectivity index (χ2v) is 6.29. The van der Waals surface area contributed by atoms with E-state index in [-0.39, 0.29) is 0 Å². The lowest BCUT2D eigenvalue weighted by Crippen LogP contribution is -2.09. The van der Waals surface area contributed by atoms with Crippen molar-refractivity contribution < 1.29 is 14.3 Å². The van der Waals surface area contributed by atoms with Crippen molar-refractivity contribution >= 4 is 21.9 Å². The molecule has 4 heteroatoms. The molecule has 0 amide bonds. The fourth-order valence-corrected chi connectivity index (χ4v) is 2.82. The van der Waals surface area contributed by atoms with Gasteiger partial charge in [0.2, 0.25) is 0 Å². The van der Waals surface area contributed by atoms with Gasteiger partial charge in [-0.3, -0.25) is 0 Å². The van der Waals surface area contributed by atoms with Gasteiger partial charge in [0.05, 0.1) is 16.6 Å². The predicted molar refractivity (Wildman–Crippen MR) is 101 cm³/mol. The highest BCUT2D eigenvalue weighted by molar-refractivity contribution is 9.10. The van der Waals surface area contributed by atoms with Gasteiger partial charge in [-0.2, -0.15) is 0 Å². The summed E-state index contributed by atoms with van der Waals surface area (Å²) in [6, 6.07) is 24.3. The highest BCUT2D eigenvalue weighted by atomic mass is 79.9. The molecule has 0 radical (unpaired) electrons. The fraction of sp³-hybridized carbons (Fsp3) is 0.0952. The number of carbonyl (C=O) groups is 1. The minimum atomic E-state index is -0.400. The zero-order valence-electron chi connectivity index (χ0n) is 13.5. The Morgan fingerprint density at radius 1 is 0.880 bits per heavy atom. The van der Waals surface area contributed by atoms with E-state index < -0.39 is 5.97 Å². The van der Waals surface area contributed by atoms with Gasteiger partial charge >= 0.3 is 5.97 Å². The molecule has 0 spiro atoms. The Morgan fingerprint density at radius 3 is 2.24 bits per heavy atom. The molecule has 126 valence electrons. The molecule has 3 rings (SSSR count). The second kappa shape index (κ2) is 8.49. The lowest BCUT2D eigenvalue weighted by molar-refractivity contribution is 0.0734. The van der Waals surface area contributed by atoms with Crippen LogP contribution in [0.3, 0.4) is 0 Å². The minimum Gasteiger partial charge on any atom is -0.492 e. The number of benzene rings is 3. The lowest BCUT2D eigenvalue weighted by atomic mass is 10.2. The molecule has 0 fully saturated rings. The summed E-state index contributed by atoms with van der Waals surface area (Å²) < 4.78 is 11.9. The van der Waals surface area contributed by atoms with Gasteiger partial charge in [0.15, 0.2) is 0 Å². The Kier molecular flexibility index (Phi) is 5.86. The van der Waals surface area contributed by atoms with Crippen molar-refractivity contribution in [1.29, 1.82) is 0 Å². The quantitative estimate of drug-likeness (QED) is 0.419. The molecule has 25 heavy (non-hydrogen) atoms. The maximum atomic E-state index is 12.2. The number of hydrogen-bond acceptors (Lipinski definition) is 3. The van der Waals surface area contributed by atoms with Crippen molar-refractivity contribution in [2.75, 3.05) is 6.61 Å². The number of esters is 1. The van der Waals surface area contributed by atoms with Crippen LogP contribution in [0.4, 0.5) is 0 Å². The van der Waals surface area contributed by atoms with Crippen molar-refractivity contribution in [3.63, 3.8) is 0 Å². The molecule has 3 aromatic rings. The predicted octanol–water partition coefficient (Wildman–Crippen LogP) is 5.29. The van der Waals surface area contributed by atoms with E-state index in [4.69, 9.17) is 9.47 Å². The molecule has 0 atom stereocenters. The lowest BCUT2D eigenvalue weighted by Gasteiger charge is -2.10. The average Bonchev–Trinajstić information content (AvgIpc) is 2.64. The third-order valence-electron chi connectivity index (χ3n) is 3.61. The summed E-state index contributed by atoms with van der Waals surface area (Å²) in [7, 11) is 0. The van der Waals surface area contributed by atoms with Crippen LogP contribution < -0.4 is 9.47 Å². The Labute approximate surface area is 155 Å². The van der Waals surface area contributed by atoms with E-state index in [1.807, 2.05) is 36.4 Å². The van der Waals surface area contributed by atoms with Gasteiger partial charge in [-0.25, -0.2) is 4.79 Å². The highest BCUT2D eigenvalue weighted by Crippen LogP contribution is 2.27. The first-order chi connectivity index (χ1) is 12.2. The van der Waals surface area contributed by atoms with Gasteiger partial charge in [0, 0.05) is 6.42 Å². The molecule has 3 aromatic carbocycles. The van der Waals surface area contributed by atoms with E-state index in [0.29, 0.717) is 23.7 Å². The number of halogens is 1. The van der Waals surface area contributed by atoms with Crippen LogP contribution in [0.1, 0.15) is 15.9 Å². The summed E-state index contributed by atoms with van der Waals surface area (Å²) >= 11 is 3.45. The SMILES string of the molecule is O=C(Oc1ccccc1)c1ccc(OCCc2ccccc2)c(Br)c1. The highest BCUT2D eigenvalue weighted by Gasteiger charge is 2.11. The van der Waals surface area contributed by atoms with Gasteiger partial charge in [-0.1, -0.05) is 48.5 Å². The van der Waals surface area contributed by atoms with Gasteiger partial charge in [0.25, 0.3) is 0 Å². The first-order valence-electron chi connectivity index (χ1n) is 7.96. The molecule has 0 aliphatic rings. The maximum absolute atomic E-state index is 12.2. The van der Waals surface area contributed by atoms with Crippen LogP contribution >= 0.6 is 15.9 Å². The van der Waals surface area contributed by atoms with E-state index in [1.54, 1.807) is 30.3 Å². The average molecular weight is 397 g/mol. The molecule has 3 nitrogen and oxygen atoms in total. The van der Waals surface area contributed by atoms with Crippen molar-refractivity contribution in [2.45, 2.75) is 6.42 Å². The summed E-state index contributed by atoms with van der Waals surface area (Å²) in [5, 5.41) is 0. The molecule has 0 aromatic heterocycles. The Bertz CT molecular complexity index is 832. The van der Waals surface area contributed by atoms with E-state index >= 15 is 0 Å². The smallest absolute Gasteiger partial charge is 0.343 e. The molecular weight excluding hydrogens is 380 g/mol. The van der Waals surface area contributed by atoms with Crippen molar-refractivity contribution in [3.05, 3.63) is 94.5 Å². The molecule has 0 unspecified atom stereocenters. The summed E-state index contributed by atoms with van der Waals surface area (Å²) in [5.41, 5.74) is 1.69. The molecule has 0 aliphatic carbocycles. The summed E-state index contributed by atoms with van der Waals surface area (Å²) in [6.45, 7) is 0.566. The van der Waals surface area contributed by atoms with Crippen molar-refractivity contribution in [2.24, 2.45) is 0 Å². The van der Waals surface area contributed by atoms with E-state index in [1.165, 1.54) is 5.56 Å². The topological polar surface area (TPSA) is 35.5 Å². The minimum absolute atomic E-state index is 0.400. The van der Waals surface area contributed by atoms with Crippen LogP contribution in [0, 0.1) is 0 Å². The number of hydrogen-bond donors (Lipinski definition) is 0.